The van der Waals surface area contributed by atoms with Crippen LogP contribution in [0.3, 0.4) is 0 Å². The van der Waals surface area contributed by atoms with E-state index in [0.29, 0.717) is 11.3 Å². The van der Waals surface area contributed by atoms with Gasteiger partial charge in [-0.2, -0.15) is 0 Å². The lowest BCUT2D eigenvalue weighted by Crippen LogP contribution is -1.92. The number of benzene rings is 1. The molecule has 78 valence electrons. The van der Waals surface area contributed by atoms with E-state index < -0.39 is 0 Å². The predicted molar refractivity (Wildman–Crippen MR) is 60.5 cm³/mol. The second-order valence-electron chi connectivity index (χ2n) is 3.16. The number of fused-ring (bicyclic) bond motifs is 1. The number of Topliss-reactive ketones (excluding diaryl/α,β-unsaturated/α-hetero) is 1. The van der Waals surface area contributed by atoms with Crippen molar-refractivity contribution in [1.29, 1.82) is 0 Å². The highest BCUT2D eigenvalue weighted by Gasteiger charge is 2.18. The number of furan rings is 1. The van der Waals surface area contributed by atoms with Gasteiger partial charge in [0.25, 0.3) is 0 Å². The highest BCUT2D eigenvalue weighted by Crippen LogP contribution is 2.34. The Kier molecular flexibility index (Phi) is 2.52. The average molecular weight is 269 g/mol. The van der Waals surface area contributed by atoms with Crippen LogP contribution in [0.1, 0.15) is 17.5 Å². The smallest absolute Gasteiger partial charge is 0.212 e. The van der Waals surface area contributed by atoms with Crippen LogP contribution in [0.25, 0.3) is 11.0 Å². The van der Waals surface area contributed by atoms with Crippen LogP contribution >= 0.6 is 15.9 Å². The van der Waals surface area contributed by atoms with Crippen molar-refractivity contribution < 1.29 is 13.9 Å². The molecule has 0 amide bonds. The molecule has 0 saturated heterocycles. The quantitative estimate of drug-likeness (QED) is 0.784. The van der Waals surface area contributed by atoms with Crippen molar-refractivity contribution in [3.8, 4) is 5.75 Å². The number of hydrogen-bond acceptors (Lipinski definition) is 3. The summed E-state index contributed by atoms with van der Waals surface area (Å²) >= 11 is 3.36. The maximum Gasteiger partial charge on any atom is 0.212 e. The van der Waals surface area contributed by atoms with Gasteiger partial charge in [0.1, 0.15) is 5.58 Å². The van der Waals surface area contributed by atoms with Gasteiger partial charge in [-0.1, -0.05) is 15.9 Å². The number of methoxy groups -OCH3 is 1. The molecule has 0 spiro atoms. The van der Waals surface area contributed by atoms with E-state index in [9.17, 15) is 4.79 Å². The molecule has 0 aliphatic heterocycles. The number of rotatable bonds is 2. The van der Waals surface area contributed by atoms with Crippen LogP contribution < -0.4 is 4.74 Å². The Morgan fingerprint density at radius 2 is 2.20 bits per heavy atom. The summed E-state index contributed by atoms with van der Waals surface area (Å²) in [6.07, 6.45) is 0. The fraction of sp³-hybridized carbons (Fsp3) is 0.182. The summed E-state index contributed by atoms with van der Waals surface area (Å²) in [5.74, 6) is 0.628. The minimum Gasteiger partial charge on any atom is -0.492 e. The Labute approximate surface area is 95.1 Å². The summed E-state index contributed by atoms with van der Waals surface area (Å²) < 4.78 is 11.5. The standard InChI is InChI=1S/C11H9BrO3/c1-6(13)10-11(14-2)8-5-7(12)3-4-9(8)15-10/h3-5H,1-2H3. The summed E-state index contributed by atoms with van der Waals surface area (Å²) in [7, 11) is 1.53. The number of carbonyl (C=O) groups excluding carboxylic acids is 1. The van der Waals surface area contributed by atoms with Gasteiger partial charge in [-0.05, 0) is 18.2 Å². The van der Waals surface area contributed by atoms with E-state index >= 15 is 0 Å². The molecule has 0 aliphatic rings. The normalized spacial score (nSPS) is 10.6. The molecule has 1 aromatic carbocycles. The molecular formula is C11H9BrO3. The summed E-state index contributed by atoms with van der Waals surface area (Å²) in [6.45, 7) is 1.45. The number of halogens is 1. The molecule has 0 bridgehead atoms. The second-order valence-corrected chi connectivity index (χ2v) is 4.08. The van der Waals surface area contributed by atoms with Gasteiger partial charge in [-0.15, -0.1) is 0 Å². The van der Waals surface area contributed by atoms with Crippen molar-refractivity contribution in [3.63, 3.8) is 0 Å². The van der Waals surface area contributed by atoms with Crippen molar-refractivity contribution in [2.75, 3.05) is 7.11 Å². The fourth-order valence-electron chi connectivity index (χ4n) is 1.48. The molecular weight excluding hydrogens is 260 g/mol. The first kappa shape index (κ1) is 10.2. The van der Waals surface area contributed by atoms with Gasteiger partial charge in [-0.3, -0.25) is 4.79 Å². The molecule has 1 aromatic heterocycles. The third-order valence-corrected chi connectivity index (χ3v) is 2.62. The van der Waals surface area contributed by atoms with Crippen LogP contribution in [0, 0.1) is 0 Å². The Morgan fingerprint density at radius 1 is 1.47 bits per heavy atom. The third-order valence-electron chi connectivity index (χ3n) is 2.13. The van der Waals surface area contributed by atoms with Gasteiger partial charge in [0.05, 0.1) is 12.5 Å². The lowest BCUT2D eigenvalue weighted by Gasteiger charge is -1.97. The summed E-state index contributed by atoms with van der Waals surface area (Å²) in [6, 6.07) is 5.52. The zero-order valence-corrected chi connectivity index (χ0v) is 9.92. The molecule has 0 radical (unpaired) electrons. The van der Waals surface area contributed by atoms with Gasteiger partial charge >= 0.3 is 0 Å². The monoisotopic (exact) mass is 268 g/mol. The SMILES string of the molecule is COc1c(C(C)=O)oc2ccc(Br)cc12. The minimum absolute atomic E-state index is 0.140. The van der Waals surface area contributed by atoms with Gasteiger partial charge in [0.15, 0.2) is 11.5 Å². The van der Waals surface area contributed by atoms with E-state index in [0.717, 1.165) is 9.86 Å². The molecule has 4 heteroatoms. The zero-order valence-electron chi connectivity index (χ0n) is 8.33. The van der Waals surface area contributed by atoms with E-state index in [1.165, 1.54) is 14.0 Å². The number of ketones is 1. The molecule has 3 nitrogen and oxygen atoms in total. The van der Waals surface area contributed by atoms with Crippen LogP contribution in [0.15, 0.2) is 27.1 Å². The van der Waals surface area contributed by atoms with Gasteiger partial charge in [-0.25, -0.2) is 0 Å². The van der Waals surface area contributed by atoms with Crippen LogP contribution in [-0.4, -0.2) is 12.9 Å². The van der Waals surface area contributed by atoms with Crippen molar-refractivity contribution in [1.82, 2.24) is 0 Å². The van der Waals surface area contributed by atoms with Crippen molar-refractivity contribution in [3.05, 3.63) is 28.4 Å². The Bertz CT molecular complexity index is 528. The summed E-state index contributed by atoms with van der Waals surface area (Å²) in [5.41, 5.74) is 0.653. The third kappa shape index (κ3) is 1.65. The molecule has 0 atom stereocenters. The van der Waals surface area contributed by atoms with Gasteiger partial charge < -0.3 is 9.15 Å². The largest absolute Gasteiger partial charge is 0.492 e. The average Bonchev–Trinajstić information content (AvgIpc) is 2.55. The van der Waals surface area contributed by atoms with Crippen LogP contribution in [0.5, 0.6) is 5.75 Å². The molecule has 0 fully saturated rings. The van der Waals surface area contributed by atoms with Gasteiger partial charge in [0, 0.05) is 11.4 Å². The first-order valence-electron chi connectivity index (χ1n) is 4.40. The van der Waals surface area contributed by atoms with E-state index in [2.05, 4.69) is 15.9 Å². The minimum atomic E-state index is -0.140. The topological polar surface area (TPSA) is 39.4 Å². The van der Waals surface area contributed by atoms with E-state index in [4.69, 9.17) is 9.15 Å². The van der Waals surface area contributed by atoms with Gasteiger partial charge in [0.2, 0.25) is 5.76 Å². The maximum atomic E-state index is 11.3. The first-order chi connectivity index (χ1) is 7.13. The lowest BCUT2D eigenvalue weighted by atomic mass is 10.2. The van der Waals surface area contributed by atoms with E-state index in [1.54, 1.807) is 6.07 Å². The summed E-state index contributed by atoms with van der Waals surface area (Å²) in [5, 5.41) is 0.803. The predicted octanol–water partition coefficient (Wildman–Crippen LogP) is 3.41. The lowest BCUT2D eigenvalue weighted by molar-refractivity contribution is 0.0985. The van der Waals surface area contributed by atoms with Crippen molar-refractivity contribution >= 4 is 32.7 Å². The highest BCUT2D eigenvalue weighted by molar-refractivity contribution is 9.10. The fourth-order valence-corrected chi connectivity index (χ4v) is 1.84. The second kappa shape index (κ2) is 3.70. The summed E-state index contributed by atoms with van der Waals surface area (Å²) in [4.78, 5) is 11.3. The zero-order chi connectivity index (χ0) is 11.0. The first-order valence-corrected chi connectivity index (χ1v) is 5.19. The Hall–Kier alpha value is -1.29. The molecule has 0 aliphatic carbocycles. The van der Waals surface area contributed by atoms with Crippen molar-refractivity contribution in [2.45, 2.75) is 6.92 Å². The molecule has 2 aromatic rings. The van der Waals surface area contributed by atoms with E-state index in [1.807, 2.05) is 12.1 Å². The van der Waals surface area contributed by atoms with Crippen LogP contribution in [-0.2, 0) is 0 Å². The number of hydrogen-bond donors (Lipinski definition) is 0. The Balaban J connectivity index is 2.79. The number of carbonyl (C=O) groups is 1. The van der Waals surface area contributed by atoms with Crippen molar-refractivity contribution in [2.24, 2.45) is 0 Å². The van der Waals surface area contributed by atoms with Crippen LogP contribution in [0.4, 0.5) is 0 Å². The molecule has 1 heterocycles. The molecule has 15 heavy (non-hydrogen) atoms. The number of ether oxygens (including phenoxy) is 1. The molecule has 0 saturated carbocycles. The maximum absolute atomic E-state index is 11.3. The van der Waals surface area contributed by atoms with E-state index in [-0.39, 0.29) is 11.5 Å². The Morgan fingerprint density at radius 3 is 2.80 bits per heavy atom. The van der Waals surface area contributed by atoms with Crippen LogP contribution in [0.2, 0.25) is 0 Å². The molecule has 0 unspecified atom stereocenters. The molecule has 0 N–H and O–H groups in total. The molecule has 2 rings (SSSR count). The highest BCUT2D eigenvalue weighted by atomic mass is 79.9.